The zero-order valence-electron chi connectivity index (χ0n) is 16.9. The van der Waals surface area contributed by atoms with Gasteiger partial charge in [0.15, 0.2) is 0 Å². The van der Waals surface area contributed by atoms with E-state index in [9.17, 15) is 9.59 Å². The Balaban J connectivity index is 1.76. The lowest BCUT2D eigenvalue weighted by Crippen LogP contribution is -2.52. The number of fused-ring (bicyclic) bond motifs is 2. The van der Waals surface area contributed by atoms with Crippen molar-refractivity contribution >= 4 is 46.4 Å². The summed E-state index contributed by atoms with van der Waals surface area (Å²) < 4.78 is 5.35. The van der Waals surface area contributed by atoms with Gasteiger partial charge < -0.3 is 15.4 Å². The Morgan fingerprint density at radius 1 is 1.20 bits per heavy atom. The van der Waals surface area contributed by atoms with Crippen molar-refractivity contribution in [1.29, 1.82) is 0 Å². The summed E-state index contributed by atoms with van der Waals surface area (Å²) in [6.45, 7) is 4.13. The highest BCUT2D eigenvalue weighted by atomic mass is 35.5. The van der Waals surface area contributed by atoms with Gasteiger partial charge in [-0.2, -0.15) is 0 Å². The number of hydrogen-bond donors (Lipinski definition) is 3. The number of anilines is 2. The number of benzene rings is 2. The molecule has 0 aliphatic carbocycles. The summed E-state index contributed by atoms with van der Waals surface area (Å²) in [5, 5.41) is 10.3. The molecule has 0 saturated carbocycles. The molecule has 8 heteroatoms. The number of halogens is 2. The molecule has 3 atom stereocenters. The van der Waals surface area contributed by atoms with E-state index in [4.69, 9.17) is 27.9 Å². The van der Waals surface area contributed by atoms with Crippen LogP contribution in [-0.4, -0.2) is 25.0 Å². The van der Waals surface area contributed by atoms with Crippen molar-refractivity contribution in [3.8, 4) is 5.75 Å². The monoisotopic (exact) mass is 447 g/mol. The Morgan fingerprint density at radius 2 is 1.90 bits per heavy atom. The zero-order valence-corrected chi connectivity index (χ0v) is 18.4. The quantitative estimate of drug-likeness (QED) is 0.647. The molecule has 1 spiro atoms. The molecule has 2 heterocycles. The highest BCUT2D eigenvalue weighted by molar-refractivity contribution is 6.31. The van der Waals surface area contributed by atoms with Gasteiger partial charge in [-0.05, 0) is 48.7 Å². The Kier molecular flexibility index (Phi) is 5.43. The third-order valence-corrected chi connectivity index (χ3v) is 6.45. The van der Waals surface area contributed by atoms with Gasteiger partial charge >= 0.3 is 0 Å². The normalized spacial score (nSPS) is 24.8. The lowest BCUT2D eigenvalue weighted by atomic mass is 9.79. The number of rotatable bonds is 4. The second-order valence-corrected chi connectivity index (χ2v) is 8.94. The SMILES string of the molecule is COc1ccc(Cl)cc1NC(=O)C1CC(C(C)C)NC12C(=O)Nc1ccc(Cl)cc12. The van der Waals surface area contributed by atoms with Crippen LogP contribution in [0.4, 0.5) is 11.4 Å². The van der Waals surface area contributed by atoms with Gasteiger partial charge in [0.05, 0.1) is 18.7 Å². The van der Waals surface area contributed by atoms with E-state index in [-0.39, 0.29) is 23.8 Å². The van der Waals surface area contributed by atoms with Crippen LogP contribution in [0.1, 0.15) is 25.8 Å². The maximum atomic E-state index is 13.5. The molecule has 3 N–H and O–H groups in total. The molecule has 0 radical (unpaired) electrons. The van der Waals surface area contributed by atoms with Gasteiger partial charge in [-0.25, -0.2) is 0 Å². The van der Waals surface area contributed by atoms with Crippen LogP contribution in [0.25, 0.3) is 0 Å². The highest BCUT2D eigenvalue weighted by Gasteiger charge is 2.60. The van der Waals surface area contributed by atoms with Gasteiger partial charge in [0.1, 0.15) is 11.3 Å². The molecule has 0 aromatic heterocycles. The first-order chi connectivity index (χ1) is 14.3. The number of ether oxygens (including phenoxy) is 1. The van der Waals surface area contributed by atoms with E-state index in [2.05, 4.69) is 29.8 Å². The molecule has 2 aromatic carbocycles. The minimum atomic E-state index is -1.19. The third kappa shape index (κ3) is 3.33. The summed E-state index contributed by atoms with van der Waals surface area (Å²) in [6, 6.07) is 10.2. The Hall–Kier alpha value is -2.28. The van der Waals surface area contributed by atoms with Crippen molar-refractivity contribution in [3.05, 3.63) is 52.0 Å². The fraction of sp³-hybridized carbons (Fsp3) is 0.364. The molecule has 30 heavy (non-hydrogen) atoms. The van der Waals surface area contributed by atoms with E-state index >= 15 is 0 Å². The van der Waals surface area contributed by atoms with Gasteiger partial charge in [0, 0.05) is 27.3 Å². The first-order valence-corrected chi connectivity index (χ1v) is 10.6. The van der Waals surface area contributed by atoms with Crippen molar-refractivity contribution in [3.63, 3.8) is 0 Å². The van der Waals surface area contributed by atoms with E-state index in [0.717, 1.165) is 0 Å². The van der Waals surface area contributed by atoms with Crippen LogP contribution in [0.5, 0.6) is 5.75 Å². The number of carbonyl (C=O) groups excluding carboxylic acids is 2. The van der Waals surface area contributed by atoms with Crippen molar-refractivity contribution < 1.29 is 14.3 Å². The first-order valence-electron chi connectivity index (χ1n) is 9.80. The molecule has 1 saturated heterocycles. The van der Waals surface area contributed by atoms with Gasteiger partial charge in [0.25, 0.3) is 0 Å². The number of carbonyl (C=O) groups is 2. The smallest absolute Gasteiger partial charge is 0.250 e. The van der Waals surface area contributed by atoms with Crippen molar-refractivity contribution in [2.75, 3.05) is 17.7 Å². The largest absolute Gasteiger partial charge is 0.495 e. The average molecular weight is 448 g/mol. The maximum absolute atomic E-state index is 13.5. The Labute approximate surface area is 185 Å². The lowest BCUT2D eigenvalue weighted by molar-refractivity contribution is -0.130. The van der Waals surface area contributed by atoms with Crippen molar-refractivity contribution in [2.24, 2.45) is 11.8 Å². The van der Waals surface area contributed by atoms with Gasteiger partial charge in [-0.15, -0.1) is 0 Å². The summed E-state index contributed by atoms with van der Waals surface area (Å²) in [5.41, 5.74) is 0.633. The topological polar surface area (TPSA) is 79.5 Å². The van der Waals surface area contributed by atoms with Gasteiger partial charge in [-0.3, -0.25) is 14.9 Å². The summed E-state index contributed by atoms with van der Waals surface area (Å²) in [4.78, 5) is 26.7. The molecular weight excluding hydrogens is 425 g/mol. The second-order valence-electron chi connectivity index (χ2n) is 8.07. The zero-order chi connectivity index (χ0) is 21.6. The van der Waals surface area contributed by atoms with Crippen LogP contribution in [0.2, 0.25) is 10.0 Å². The van der Waals surface area contributed by atoms with Gasteiger partial charge in [-0.1, -0.05) is 37.0 Å². The van der Waals surface area contributed by atoms with Crippen LogP contribution in [0.15, 0.2) is 36.4 Å². The fourth-order valence-corrected chi connectivity index (χ4v) is 4.75. The first kappa shape index (κ1) is 21.0. The molecule has 2 aliphatic rings. The maximum Gasteiger partial charge on any atom is 0.250 e. The van der Waals surface area contributed by atoms with E-state index in [1.165, 1.54) is 7.11 Å². The predicted octanol–water partition coefficient (Wildman–Crippen LogP) is 4.42. The van der Waals surface area contributed by atoms with E-state index in [1.807, 2.05) is 0 Å². The number of hydrogen-bond acceptors (Lipinski definition) is 4. The molecule has 3 unspecified atom stereocenters. The standard InChI is InChI=1S/C22H23Cl2N3O3/c1-11(2)17-10-15(20(28)25-18-9-13(24)5-7-19(18)30-3)22(27-17)14-8-12(23)4-6-16(14)26-21(22)29/h4-9,11,15,17,27H,10H2,1-3H3,(H,25,28)(H,26,29). The van der Waals surface area contributed by atoms with Crippen LogP contribution < -0.4 is 20.7 Å². The fourth-order valence-electron chi connectivity index (χ4n) is 4.41. The van der Waals surface area contributed by atoms with E-state index in [1.54, 1.807) is 36.4 Å². The lowest BCUT2D eigenvalue weighted by Gasteiger charge is -2.30. The minimum absolute atomic E-state index is 0.0160. The molecular formula is C22H23Cl2N3O3. The van der Waals surface area contributed by atoms with E-state index in [0.29, 0.717) is 39.2 Å². The second kappa shape index (κ2) is 7.76. The summed E-state index contributed by atoms with van der Waals surface area (Å²) in [6.07, 6.45) is 0.506. The molecule has 2 aliphatic heterocycles. The van der Waals surface area contributed by atoms with Crippen LogP contribution >= 0.6 is 23.2 Å². The Bertz CT molecular complexity index is 1030. The molecule has 0 bridgehead atoms. The highest BCUT2D eigenvalue weighted by Crippen LogP contribution is 2.49. The summed E-state index contributed by atoms with van der Waals surface area (Å²) >= 11 is 12.4. The number of amides is 2. The third-order valence-electron chi connectivity index (χ3n) is 5.98. The van der Waals surface area contributed by atoms with Gasteiger partial charge in [0.2, 0.25) is 11.8 Å². The summed E-state index contributed by atoms with van der Waals surface area (Å²) in [5.74, 6) is -0.451. The summed E-state index contributed by atoms with van der Waals surface area (Å²) in [7, 11) is 1.52. The molecule has 2 aromatic rings. The Morgan fingerprint density at radius 3 is 2.60 bits per heavy atom. The van der Waals surface area contributed by atoms with Crippen LogP contribution in [-0.2, 0) is 15.1 Å². The van der Waals surface area contributed by atoms with Crippen LogP contribution in [0.3, 0.4) is 0 Å². The van der Waals surface area contributed by atoms with E-state index < -0.39 is 11.5 Å². The number of nitrogens with one attached hydrogen (secondary N) is 3. The molecule has 6 nitrogen and oxygen atoms in total. The predicted molar refractivity (Wildman–Crippen MR) is 118 cm³/mol. The van der Waals surface area contributed by atoms with Crippen LogP contribution in [0, 0.1) is 11.8 Å². The average Bonchev–Trinajstić information content (AvgIpc) is 3.23. The molecule has 2 amide bonds. The van der Waals surface area contributed by atoms with Crippen molar-refractivity contribution in [2.45, 2.75) is 31.8 Å². The molecule has 158 valence electrons. The minimum Gasteiger partial charge on any atom is -0.495 e. The van der Waals surface area contributed by atoms with Crippen molar-refractivity contribution in [1.82, 2.24) is 5.32 Å². The molecule has 1 fully saturated rings. The number of methoxy groups -OCH3 is 1. The molecule has 4 rings (SSSR count).